The van der Waals surface area contributed by atoms with Crippen molar-refractivity contribution in [1.82, 2.24) is 0 Å². The molecule has 2 heterocycles. The molecule has 74 valence electrons. The van der Waals surface area contributed by atoms with E-state index in [0.717, 1.165) is 17.3 Å². The fourth-order valence-corrected chi connectivity index (χ4v) is 3.59. The zero-order chi connectivity index (χ0) is 9.80. The summed E-state index contributed by atoms with van der Waals surface area (Å²) in [7, 11) is 0. The Morgan fingerprint density at radius 3 is 3.00 bits per heavy atom. The van der Waals surface area contributed by atoms with E-state index in [-0.39, 0.29) is 0 Å². The van der Waals surface area contributed by atoms with Crippen LogP contribution in [0, 0.1) is 0 Å². The molecule has 0 radical (unpaired) electrons. The molecule has 0 N–H and O–H groups in total. The Labute approximate surface area is 99.6 Å². The van der Waals surface area contributed by atoms with Crippen molar-refractivity contribution in [2.75, 3.05) is 0 Å². The first-order valence-electron chi connectivity index (χ1n) is 4.17. The highest BCUT2D eigenvalue weighted by molar-refractivity contribution is 9.10. The van der Waals surface area contributed by atoms with Gasteiger partial charge in [0.15, 0.2) is 0 Å². The summed E-state index contributed by atoms with van der Waals surface area (Å²) in [5, 5.41) is 2.11. The number of hydrogen-bond donors (Lipinski definition) is 0. The van der Waals surface area contributed by atoms with Crippen molar-refractivity contribution in [3.05, 3.63) is 45.0 Å². The van der Waals surface area contributed by atoms with Gasteiger partial charge in [0.05, 0.1) is 12.0 Å². The highest BCUT2D eigenvalue weighted by Gasteiger charge is 1.99. The first-order chi connectivity index (χ1) is 6.84. The predicted molar refractivity (Wildman–Crippen MR) is 65.7 cm³/mol. The number of furan rings is 1. The fraction of sp³-hybridized carbons (Fsp3) is 0.200. The van der Waals surface area contributed by atoms with Gasteiger partial charge >= 0.3 is 0 Å². The second-order valence-electron chi connectivity index (χ2n) is 2.80. The molecule has 0 aromatic carbocycles. The quantitative estimate of drug-likeness (QED) is 0.820. The lowest BCUT2D eigenvalue weighted by atomic mass is 10.5. The molecule has 2 aromatic heterocycles. The van der Waals surface area contributed by atoms with Gasteiger partial charge in [-0.2, -0.15) is 0 Å². The molecule has 0 amide bonds. The summed E-state index contributed by atoms with van der Waals surface area (Å²) < 4.78 is 6.43. The molecule has 0 unspecified atom stereocenters. The van der Waals surface area contributed by atoms with Crippen molar-refractivity contribution in [3.8, 4) is 0 Å². The molecular formula is C10H9BrOS2. The average Bonchev–Trinajstić information content (AvgIpc) is 2.77. The van der Waals surface area contributed by atoms with E-state index in [9.17, 15) is 0 Å². The van der Waals surface area contributed by atoms with Gasteiger partial charge in [-0.25, -0.2) is 0 Å². The molecule has 1 nitrogen and oxygen atoms in total. The Hall–Kier alpha value is -0.190. The van der Waals surface area contributed by atoms with Crippen LogP contribution in [0.15, 0.2) is 38.7 Å². The second kappa shape index (κ2) is 5.05. The Kier molecular flexibility index (Phi) is 3.73. The maximum Gasteiger partial charge on any atom is 0.113 e. The highest BCUT2D eigenvalue weighted by Crippen LogP contribution is 2.25. The van der Waals surface area contributed by atoms with Crippen molar-refractivity contribution in [2.24, 2.45) is 0 Å². The minimum Gasteiger partial charge on any atom is -0.468 e. The van der Waals surface area contributed by atoms with Gasteiger partial charge in [-0.05, 0) is 34.1 Å². The normalized spacial score (nSPS) is 10.6. The lowest BCUT2D eigenvalue weighted by Crippen LogP contribution is -1.76. The zero-order valence-corrected chi connectivity index (χ0v) is 10.6. The summed E-state index contributed by atoms with van der Waals surface area (Å²) >= 11 is 7.11. The predicted octanol–water partition coefficient (Wildman–Crippen LogP) is 4.54. The molecule has 0 saturated heterocycles. The summed E-state index contributed by atoms with van der Waals surface area (Å²) in [6, 6.07) is 6.11. The van der Waals surface area contributed by atoms with Gasteiger partial charge in [0, 0.05) is 20.5 Å². The number of halogens is 1. The third-order valence-corrected chi connectivity index (χ3v) is 4.57. The van der Waals surface area contributed by atoms with Crippen LogP contribution in [0.2, 0.25) is 0 Å². The van der Waals surface area contributed by atoms with E-state index in [4.69, 9.17) is 4.42 Å². The molecular weight excluding hydrogens is 280 g/mol. The number of rotatable bonds is 4. The molecule has 0 bridgehead atoms. The summed E-state index contributed by atoms with van der Waals surface area (Å²) in [4.78, 5) is 1.40. The molecule has 0 aliphatic rings. The van der Waals surface area contributed by atoms with Crippen LogP contribution in [0.4, 0.5) is 0 Å². The van der Waals surface area contributed by atoms with Crippen LogP contribution in [0.5, 0.6) is 0 Å². The summed E-state index contributed by atoms with van der Waals surface area (Å²) in [6.07, 6.45) is 1.72. The molecule has 14 heavy (non-hydrogen) atoms. The first kappa shape index (κ1) is 10.3. The molecule has 2 aromatic rings. The molecule has 4 heteroatoms. The van der Waals surface area contributed by atoms with Crippen molar-refractivity contribution < 1.29 is 4.42 Å². The number of hydrogen-bond acceptors (Lipinski definition) is 3. The highest BCUT2D eigenvalue weighted by atomic mass is 79.9. The van der Waals surface area contributed by atoms with Gasteiger partial charge in [-0.3, -0.25) is 0 Å². The van der Waals surface area contributed by atoms with E-state index in [2.05, 4.69) is 27.4 Å². The minimum absolute atomic E-state index is 0.947. The molecule has 0 saturated carbocycles. The van der Waals surface area contributed by atoms with Gasteiger partial charge < -0.3 is 4.42 Å². The molecule has 0 fully saturated rings. The van der Waals surface area contributed by atoms with Crippen LogP contribution < -0.4 is 0 Å². The van der Waals surface area contributed by atoms with Crippen molar-refractivity contribution in [1.29, 1.82) is 0 Å². The van der Waals surface area contributed by atoms with Crippen molar-refractivity contribution in [2.45, 2.75) is 11.5 Å². The van der Waals surface area contributed by atoms with Crippen molar-refractivity contribution in [3.63, 3.8) is 0 Å². The SMILES string of the molecule is Brc1csc(CSCc2ccco2)c1. The van der Waals surface area contributed by atoms with Gasteiger partial charge in [0.1, 0.15) is 5.76 Å². The topological polar surface area (TPSA) is 13.1 Å². The van der Waals surface area contributed by atoms with E-state index < -0.39 is 0 Å². The third kappa shape index (κ3) is 2.90. The summed E-state index contributed by atoms with van der Waals surface area (Å²) in [6.45, 7) is 0. The Bertz CT molecular complexity index is 380. The van der Waals surface area contributed by atoms with E-state index in [1.165, 1.54) is 9.35 Å². The first-order valence-corrected chi connectivity index (χ1v) is 7.00. The largest absolute Gasteiger partial charge is 0.468 e. The third-order valence-electron chi connectivity index (χ3n) is 1.69. The van der Waals surface area contributed by atoms with Crippen molar-refractivity contribution >= 4 is 39.0 Å². The molecule has 0 aliphatic carbocycles. The Morgan fingerprint density at radius 2 is 2.36 bits per heavy atom. The van der Waals surface area contributed by atoms with E-state index >= 15 is 0 Å². The summed E-state index contributed by atoms with van der Waals surface area (Å²) in [5.41, 5.74) is 0. The van der Waals surface area contributed by atoms with Gasteiger partial charge in [0.2, 0.25) is 0 Å². The zero-order valence-electron chi connectivity index (χ0n) is 7.40. The van der Waals surface area contributed by atoms with Crippen LogP contribution in [0.25, 0.3) is 0 Å². The standard InChI is InChI=1S/C10H9BrOS2/c11-8-4-10(14-5-8)7-13-6-9-2-1-3-12-9/h1-5H,6-7H2. The van der Waals surface area contributed by atoms with Crippen LogP contribution in [0.1, 0.15) is 10.6 Å². The van der Waals surface area contributed by atoms with Crippen LogP contribution in [0.3, 0.4) is 0 Å². The summed E-state index contributed by atoms with van der Waals surface area (Å²) in [5.74, 6) is 3.05. The molecule has 2 rings (SSSR count). The molecule has 0 spiro atoms. The lowest BCUT2D eigenvalue weighted by molar-refractivity contribution is 0.530. The van der Waals surface area contributed by atoms with E-state index in [0.29, 0.717) is 0 Å². The van der Waals surface area contributed by atoms with E-state index in [1.54, 1.807) is 17.6 Å². The number of thioether (sulfide) groups is 1. The average molecular weight is 289 g/mol. The molecule has 0 aliphatic heterocycles. The van der Waals surface area contributed by atoms with Gasteiger partial charge in [-0.1, -0.05) is 0 Å². The van der Waals surface area contributed by atoms with Gasteiger partial charge in [-0.15, -0.1) is 23.1 Å². The van der Waals surface area contributed by atoms with Gasteiger partial charge in [0.25, 0.3) is 0 Å². The fourth-order valence-electron chi connectivity index (χ4n) is 1.08. The number of thiophene rings is 1. The second-order valence-corrected chi connectivity index (χ2v) is 5.70. The molecule has 0 atom stereocenters. The Morgan fingerprint density at radius 1 is 1.43 bits per heavy atom. The van der Waals surface area contributed by atoms with Crippen LogP contribution >= 0.6 is 39.0 Å². The minimum atomic E-state index is 0.947. The van der Waals surface area contributed by atoms with Crippen LogP contribution in [-0.4, -0.2) is 0 Å². The maximum absolute atomic E-state index is 5.25. The lowest BCUT2D eigenvalue weighted by Gasteiger charge is -1.95. The maximum atomic E-state index is 5.25. The van der Waals surface area contributed by atoms with E-state index in [1.807, 2.05) is 23.9 Å². The van der Waals surface area contributed by atoms with Crippen LogP contribution in [-0.2, 0) is 11.5 Å². The Balaban J connectivity index is 1.78. The monoisotopic (exact) mass is 288 g/mol. The smallest absolute Gasteiger partial charge is 0.113 e.